The van der Waals surface area contributed by atoms with Gasteiger partial charge in [0.25, 0.3) is 0 Å². The van der Waals surface area contributed by atoms with Crippen LogP contribution in [-0.4, -0.2) is 10.8 Å². The molecule has 1 aliphatic rings. The number of para-hydroxylation sites is 1. The van der Waals surface area contributed by atoms with Gasteiger partial charge in [-0.05, 0) is 37.6 Å². The average Bonchev–Trinajstić information content (AvgIpc) is 2.94. The first-order valence-corrected chi connectivity index (χ1v) is 8.79. The fraction of sp³-hybridized carbons (Fsp3) is 0.0833. The number of benzene rings is 3. The number of carbonyl (C=O) groups excluding carboxylic acids is 1. The molecule has 0 amide bonds. The minimum absolute atomic E-state index is 0.0722. The summed E-state index contributed by atoms with van der Waals surface area (Å²) in [5.74, 6) is 0.0722. The zero-order chi connectivity index (χ0) is 17.8. The van der Waals surface area contributed by atoms with Crippen LogP contribution in [0.2, 0.25) is 0 Å². The number of ketones is 1. The first-order chi connectivity index (χ1) is 12.6. The second-order valence-corrected chi connectivity index (χ2v) is 6.98. The number of hydrogen-bond acceptors (Lipinski definition) is 2. The molecule has 0 N–H and O–H groups in total. The Kier molecular flexibility index (Phi) is 3.10. The third-order valence-electron chi connectivity index (χ3n) is 5.06. The van der Waals surface area contributed by atoms with Gasteiger partial charge < -0.3 is 0 Å². The summed E-state index contributed by atoms with van der Waals surface area (Å²) in [7, 11) is 0. The summed E-state index contributed by atoms with van der Waals surface area (Å²) in [5.41, 5.74) is 8.59. The van der Waals surface area contributed by atoms with Crippen LogP contribution in [0.4, 0.5) is 0 Å². The normalized spacial score (nSPS) is 12.3. The van der Waals surface area contributed by atoms with Crippen LogP contribution in [-0.2, 0) is 0 Å². The summed E-state index contributed by atoms with van der Waals surface area (Å²) in [6.07, 6.45) is 0. The van der Waals surface area contributed by atoms with Crippen molar-refractivity contribution < 1.29 is 4.79 Å². The van der Waals surface area contributed by atoms with Crippen LogP contribution in [0, 0.1) is 13.8 Å². The third kappa shape index (κ3) is 2.05. The van der Waals surface area contributed by atoms with E-state index in [0.29, 0.717) is 0 Å². The van der Waals surface area contributed by atoms with Gasteiger partial charge in [0.2, 0.25) is 0 Å². The van der Waals surface area contributed by atoms with Gasteiger partial charge in [-0.15, -0.1) is 0 Å². The van der Waals surface area contributed by atoms with Crippen LogP contribution in [0.15, 0.2) is 66.7 Å². The number of aryl methyl sites for hydroxylation is 2. The summed E-state index contributed by atoms with van der Waals surface area (Å²) in [6, 6.07) is 22.3. The quantitative estimate of drug-likeness (QED) is 0.391. The van der Waals surface area contributed by atoms with E-state index in [1.165, 1.54) is 11.1 Å². The lowest BCUT2D eigenvalue weighted by molar-refractivity contribution is 0.104. The number of hydrogen-bond donors (Lipinski definition) is 0. The van der Waals surface area contributed by atoms with Gasteiger partial charge in [-0.25, -0.2) is 4.98 Å². The summed E-state index contributed by atoms with van der Waals surface area (Å²) in [5, 5.41) is 1.04. The van der Waals surface area contributed by atoms with Gasteiger partial charge in [0.1, 0.15) is 0 Å². The number of rotatable bonds is 1. The molecule has 2 heteroatoms. The highest BCUT2D eigenvalue weighted by Crippen LogP contribution is 2.44. The smallest absolute Gasteiger partial charge is 0.196 e. The van der Waals surface area contributed by atoms with Crippen LogP contribution < -0.4 is 0 Å². The predicted molar refractivity (Wildman–Crippen MR) is 106 cm³/mol. The van der Waals surface area contributed by atoms with E-state index < -0.39 is 0 Å². The van der Waals surface area contributed by atoms with Crippen LogP contribution in [0.1, 0.15) is 27.0 Å². The van der Waals surface area contributed by atoms with E-state index in [1.807, 2.05) is 42.5 Å². The standard InChI is InChI=1S/C24H17NO/c1-14-11-15(2)13-16(12-14)23-22-21(19-9-5-6-10-20(19)25-23)17-7-3-4-8-18(17)24(22)26/h3-13H,1-2H3. The molecule has 5 rings (SSSR count). The molecule has 1 heterocycles. The van der Waals surface area contributed by atoms with Crippen molar-refractivity contribution in [2.45, 2.75) is 13.8 Å². The van der Waals surface area contributed by atoms with Gasteiger partial charge in [-0.1, -0.05) is 59.7 Å². The highest BCUT2D eigenvalue weighted by atomic mass is 16.1. The summed E-state index contributed by atoms with van der Waals surface area (Å²) < 4.78 is 0. The molecule has 0 unspecified atom stereocenters. The Hall–Kier alpha value is -3.26. The minimum Gasteiger partial charge on any atom is -0.288 e. The van der Waals surface area contributed by atoms with E-state index >= 15 is 0 Å². The lowest BCUT2D eigenvalue weighted by atomic mass is 9.95. The molecule has 4 aromatic rings. The fourth-order valence-electron chi connectivity index (χ4n) is 4.07. The topological polar surface area (TPSA) is 30.0 Å². The lowest BCUT2D eigenvalue weighted by Gasteiger charge is -2.12. The number of aromatic nitrogens is 1. The maximum Gasteiger partial charge on any atom is 0.196 e. The molecular formula is C24H17NO. The number of carbonyl (C=O) groups is 1. The monoisotopic (exact) mass is 335 g/mol. The molecule has 3 aromatic carbocycles. The molecule has 1 aliphatic carbocycles. The maximum atomic E-state index is 13.3. The Labute approximate surface area is 152 Å². The van der Waals surface area contributed by atoms with Gasteiger partial charge in [-0.2, -0.15) is 0 Å². The van der Waals surface area contributed by atoms with Gasteiger partial charge in [0.05, 0.1) is 16.8 Å². The van der Waals surface area contributed by atoms with Gasteiger partial charge >= 0.3 is 0 Å². The van der Waals surface area contributed by atoms with Crippen molar-refractivity contribution in [3.8, 4) is 22.4 Å². The molecular weight excluding hydrogens is 318 g/mol. The van der Waals surface area contributed by atoms with Gasteiger partial charge in [0, 0.05) is 22.1 Å². The molecule has 0 saturated heterocycles. The van der Waals surface area contributed by atoms with Gasteiger partial charge in [-0.3, -0.25) is 4.79 Å². The Morgan fingerprint density at radius 2 is 1.38 bits per heavy atom. The van der Waals surface area contributed by atoms with E-state index in [9.17, 15) is 4.79 Å². The molecule has 0 atom stereocenters. The highest BCUT2D eigenvalue weighted by molar-refractivity contribution is 6.28. The molecule has 124 valence electrons. The summed E-state index contributed by atoms with van der Waals surface area (Å²) in [6.45, 7) is 4.16. The Balaban J connectivity index is 1.95. The largest absolute Gasteiger partial charge is 0.288 e. The Morgan fingerprint density at radius 1 is 0.731 bits per heavy atom. The SMILES string of the molecule is Cc1cc(C)cc(-c2nc3ccccc3c3c2C(=O)c2ccccc2-3)c1. The molecule has 0 saturated carbocycles. The van der Waals surface area contributed by atoms with Crippen molar-refractivity contribution in [3.63, 3.8) is 0 Å². The average molecular weight is 335 g/mol. The van der Waals surface area contributed by atoms with E-state index in [-0.39, 0.29) is 5.78 Å². The number of fused-ring (bicyclic) bond motifs is 5. The Bertz CT molecular complexity index is 1200. The third-order valence-corrected chi connectivity index (χ3v) is 5.06. The van der Waals surface area contributed by atoms with Crippen molar-refractivity contribution in [1.82, 2.24) is 4.98 Å². The van der Waals surface area contributed by atoms with Crippen molar-refractivity contribution in [2.75, 3.05) is 0 Å². The minimum atomic E-state index is 0.0722. The van der Waals surface area contributed by atoms with Crippen molar-refractivity contribution >= 4 is 16.7 Å². The molecule has 26 heavy (non-hydrogen) atoms. The lowest BCUT2D eigenvalue weighted by Crippen LogP contribution is -2.01. The van der Waals surface area contributed by atoms with Crippen LogP contribution in [0.3, 0.4) is 0 Å². The van der Waals surface area contributed by atoms with E-state index in [1.54, 1.807) is 0 Å². The molecule has 0 radical (unpaired) electrons. The number of pyridine rings is 1. The predicted octanol–water partition coefficient (Wildman–Crippen LogP) is 5.73. The summed E-state index contributed by atoms with van der Waals surface area (Å²) >= 11 is 0. The van der Waals surface area contributed by atoms with Crippen LogP contribution >= 0.6 is 0 Å². The van der Waals surface area contributed by atoms with Crippen molar-refractivity contribution in [3.05, 3.63) is 89.0 Å². The fourth-order valence-corrected chi connectivity index (χ4v) is 4.07. The maximum absolute atomic E-state index is 13.3. The van der Waals surface area contributed by atoms with Crippen molar-refractivity contribution in [1.29, 1.82) is 0 Å². The molecule has 0 aliphatic heterocycles. The first-order valence-electron chi connectivity index (χ1n) is 8.79. The summed E-state index contributed by atoms with van der Waals surface area (Å²) in [4.78, 5) is 18.2. The van der Waals surface area contributed by atoms with E-state index in [0.717, 1.165) is 44.4 Å². The molecule has 0 fully saturated rings. The molecule has 0 spiro atoms. The second-order valence-electron chi connectivity index (χ2n) is 6.98. The van der Waals surface area contributed by atoms with E-state index in [4.69, 9.17) is 4.98 Å². The van der Waals surface area contributed by atoms with Crippen molar-refractivity contribution in [2.24, 2.45) is 0 Å². The van der Waals surface area contributed by atoms with Gasteiger partial charge in [0.15, 0.2) is 5.78 Å². The van der Waals surface area contributed by atoms with Crippen LogP contribution in [0.25, 0.3) is 33.3 Å². The molecule has 0 bridgehead atoms. The Morgan fingerprint density at radius 3 is 2.15 bits per heavy atom. The number of nitrogens with zero attached hydrogens (tertiary/aromatic N) is 1. The van der Waals surface area contributed by atoms with Crippen LogP contribution in [0.5, 0.6) is 0 Å². The zero-order valence-corrected chi connectivity index (χ0v) is 14.7. The van der Waals surface area contributed by atoms with E-state index in [2.05, 4.69) is 38.1 Å². The second kappa shape index (κ2) is 5.37. The molecule has 1 aromatic heterocycles. The zero-order valence-electron chi connectivity index (χ0n) is 14.7. The highest BCUT2D eigenvalue weighted by Gasteiger charge is 2.32. The molecule has 2 nitrogen and oxygen atoms in total. The first kappa shape index (κ1) is 15.0.